The van der Waals surface area contributed by atoms with Crippen LogP contribution < -0.4 is 5.32 Å². The van der Waals surface area contributed by atoms with Crippen molar-refractivity contribution >= 4 is 16.0 Å². The van der Waals surface area contributed by atoms with Crippen molar-refractivity contribution in [1.29, 1.82) is 0 Å². The van der Waals surface area contributed by atoms with E-state index in [1.807, 2.05) is 0 Å². The molecule has 2 heterocycles. The number of aryl methyl sites for hydroxylation is 1. The Bertz CT molecular complexity index is 632. The van der Waals surface area contributed by atoms with Crippen LogP contribution in [0.15, 0.2) is 15.4 Å². The Morgan fingerprint density at radius 3 is 2.64 bits per heavy atom. The molecule has 8 heteroatoms. The number of methoxy groups -OCH3 is 1. The van der Waals surface area contributed by atoms with Gasteiger partial charge in [-0.15, -0.1) is 0 Å². The minimum atomic E-state index is -3.70. The van der Waals surface area contributed by atoms with E-state index in [1.54, 1.807) is 14.0 Å². The molecule has 0 aliphatic carbocycles. The van der Waals surface area contributed by atoms with Gasteiger partial charge in [0.1, 0.15) is 10.7 Å². The summed E-state index contributed by atoms with van der Waals surface area (Å²) < 4.78 is 37.0. The molecule has 1 aromatic heterocycles. The van der Waals surface area contributed by atoms with Crippen molar-refractivity contribution in [3.05, 3.63) is 17.6 Å². The number of nitrogens with zero attached hydrogens (tertiary/aromatic N) is 1. The van der Waals surface area contributed by atoms with E-state index in [4.69, 9.17) is 4.42 Å². The minimum absolute atomic E-state index is 0.0487. The van der Waals surface area contributed by atoms with Crippen LogP contribution in [0.1, 0.15) is 36.1 Å². The van der Waals surface area contributed by atoms with Crippen LogP contribution in [0.3, 0.4) is 0 Å². The highest BCUT2D eigenvalue weighted by Crippen LogP contribution is 2.27. The average molecular weight is 330 g/mol. The Morgan fingerprint density at radius 2 is 2.09 bits per heavy atom. The molecule has 0 amide bonds. The van der Waals surface area contributed by atoms with E-state index in [0.29, 0.717) is 6.42 Å². The normalized spacial score (nSPS) is 16.9. The molecule has 1 aromatic rings. The lowest BCUT2D eigenvalue weighted by molar-refractivity contribution is 0.0563. The average Bonchev–Trinajstić information content (AvgIpc) is 2.99. The number of carbonyl (C=O) groups excluding carboxylic acids is 1. The lowest BCUT2D eigenvalue weighted by Crippen LogP contribution is -2.43. The Morgan fingerprint density at radius 1 is 1.45 bits per heavy atom. The number of piperidine rings is 1. The number of ether oxygens (including phenoxy) is 1. The summed E-state index contributed by atoms with van der Waals surface area (Å²) in [5, 5.41) is 3.21. The Labute approximate surface area is 130 Å². The highest BCUT2D eigenvalue weighted by Gasteiger charge is 2.33. The maximum absolute atomic E-state index is 12.8. The Balaban J connectivity index is 2.35. The molecule has 124 valence electrons. The van der Waals surface area contributed by atoms with Crippen LogP contribution in [0.25, 0.3) is 0 Å². The van der Waals surface area contributed by atoms with Crippen molar-refractivity contribution in [3.8, 4) is 0 Å². The molecular formula is C14H22N2O5S. The fraction of sp³-hybridized carbons (Fsp3) is 0.643. The molecule has 7 nitrogen and oxygen atoms in total. The standard InChI is InChI=1S/C14H22N2O5S/c1-4-11-13(9-12(21-11)14(17)20-3)22(18,19)16(2)10-5-7-15-8-6-10/h9-10,15H,4-8H2,1-3H3. The van der Waals surface area contributed by atoms with E-state index in [0.717, 1.165) is 25.9 Å². The molecule has 1 fully saturated rings. The van der Waals surface area contributed by atoms with Crippen LogP contribution >= 0.6 is 0 Å². The SMILES string of the molecule is CCc1oc(C(=O)OC)cc1S(=O)(=O)N(C)C1CCNCC1. The summed E-state index contributed by atoms with van der Waals surface area (Å²) in [6.45, 7) is 3.37. The first-order chi connectivity index (χ1) is 10.4. The summed E-state index contributed by atoms with van der Waals surface area (Å²) in [4.78, 5) is 11.6. The molecule has 1 saturated heterocycles. The van der Waals surface area contributed by atoms with Gasteiger partial charge in [0.15, 0.2) is 0 Å². The van der Waals surface area contributed by atoms with Gasteiger partial charge >= 0.3 is 5.97 Å². The summed E-state index contributed by atoms with van der Waals surface area (Å²) in [5.41, 5.74) is 0. The van der Waals surface area contributed by atoms with Crippen molar-refractivity contribution in [2.75, 3.05) is 27.2 Å². The van der Waals surface area contributed by atoms with Gasteiger partial charge in [-0.3, -0.25) is 0 Å². The summed E-state index contributed by atoms with van der Waals surface area (Å²) >= 11 is 0. The molecule has 0 unspecified atom stereocenters. The minimum Gasteiger partial charge on any atom is -0.463 e. The molecule has 2 rings (SSSR count). The lowest BCUT2D eigenvalue weighted by Gasteiger charge is -2.30. The summed E-state index contributed by atoms with van der Waals surface area (Å²) in [6.07, 6.45) is 1.91. The Kier molecular flexibility index (Phi) is 5.25. The van der Waals surface area contributed by atoms with E-state index >= 15 is 0 Å². The molecule has 22 heavy (non-hydrogen) atoms. The third-order valence-electron chi connectivity index (χ3n) is 3.96. The van der Waals surface area contributed by atoms with Crippen LogP contribution in [0.2, 0.25) is 0 Å². The van der Waals surface area contributed by atoms with Crippen molar-refractivity contribution < 1.29 is 22.4 Å². The number of nitrogens with one attached hydrogen (secondary N) is 1. The molecule has 0 bridgehead atoms. The number of furan rings is 1. The third-order valence-corrected chi connectivity index (χ3v) is 5.92. The highest BCUT2D eigenvalue weighted by atomic mass is 32.2. The number of carbonyl (C=O) groups is 1. The first kappa shape index (κ1) is 17.0. The second kappa shape index (κ2) is 6.80. The monoisotopic (exact) mass is 330 g/mol. The summed E-state index contributed by atoms with van der Waals surface area (Å²) in [6, 6.07) is 1.21. The number of hydrogen-bond acceptors (Lipinski definition) is 6. The van der Waals surface area contributed by atoms with Gasteiger partial charge in [-0.25, -0.2) is 13.2 Å². The van der Waals surface area contributed by atoms with Crippen LogP contribution in [-0.4, -0.2) is 52.0 Å². The smallest absolute Gasteiger partial charge is 0.373 e. The zero-order valence-corrected chi connectivity index (χ0v) is 13.9. The third kappa shape index (κ3) is 3.18. The van der Waals surface area contributed by atoms with E-state index in [-0.39, 0.29) is 22.5 Å². The van der Waals surface area contributed by atoms with Gasteiger partial charge in [-0.1, -0.05) is 6.92 Å². The molecule has 0 spiro atoms. The molecule has 1 aliphatic heterocycles. The zero-order valence-electron chi connectivity index (χ0n) is 13.1. The fourth-order valence-electron chi connectivity index (χ4n) is 2.60. The molecule has 0 saturated carbocycles. The van der Waals surface area contributed by atoms with Crippen LogP contribution in [0.4, 0.5) is 0 Å². The number of hydrogen-bond donors (Lipinski definition) is 1. The van der Waals surface area contributed by atoms with E-state index in [9.17, 15) is 13.2 Å². The zero-order chi connectivity index (χ0) is 16.3. The van der Waals surface area contributed by atoms with Gasteiger partial charge in [0.05, 0.1) is 7.11 Å². The highest BCUT2D eigenvalue weighted by molar-refractivity contribution is 7.89. The lowest BCUT2D eigenvalue weighted by atomic mass is 10.1. The maximum Gasteiger partial charge on any atom is 0.373 e. The van der Waals surface area contributed by atoms with E-state index in [2.05, 4.69) is 10.1 Å². The first-order valence-electron chi connectivity index (χ1n) is 7.31. The van der Waals surface area contributed by atoms with Crippen molar-refractivity contribution in [3.63, 3.8) is 0 Å². The van der Waals surface area contributed by atoms with Crippen molar-refractivity contribution in [2.45, 2.75) is 37.1 Å². The van der Waals surface area contributed by atoms with Gasteiger partial charge in [0, 0.05) is 25.6 Å². The largest absolute Gasteiger partial charge is 0.463 e. The predicted octanol–water partition coefficient (Wildman–Crippen LogP) is 1.00. The molecule has 0 atom stereocenters. The van der Waals surface area contributed by atoms with E-state index in [1.165, 1.54) is 17.5 Å². The van der Waals surface area contributed by atoms with Crippen LogP contribution in [0, 0.1) is 0 Å². The van der Waals surface area contributed by atoms with Crippen LogP contribution in [-0.2, 0) is 21.2 Å². The first-order valence-corrected chi connectivity index (χ1v) is 8.75. The molecule has 1 aliphatic rings. The predicted molar refractivity (Wildman–Crippen MR) is 80.3 cm³/mol. The number of rotatable bonds is 5. The molecule has 1 N–H and O–H groups in total. The number of esters is 1. The van der Waals surface area contributed by atoms with Crippen molar-refractivity contribution in [2.24, 2.45) is 0 Å². The fourth-order valence-corrected chi connectivity index (χ4v) is 4.24. The van der Waals surface area contributed by atoms with Gasteiger partial charge in [0.2, 0.25) is 15.8 Å². The van der Waals surface area contributed by atoms with Crippen LogP contribution in [0.5, 0.6) is 0 Å². The van der Waals surface area contributed by atoms with E-state index < -0.39 is 16.0 Å². The molecule has 0 aromatic carbocycles. The second-order valence-corrected chi connectivity index (χ2v) is 7.21. The van der Waals surface area contributed by atoms with Gasteiger partial charge in [-0.2, -0.15) is 4.31 Å². The molecular weight excluding hydrogens is 308 g/mol. The van der Waals surface area contributed by atoms with Gasteiger partial charge in [0.25, 0.3) is 0 Å². The van der Waals surface area contributed by atoms with Gasteiger partial charge < -0.3 is 14.5 Å². The molecule has 0 radical (unpaired) electrons. The summed E-state index contributed by atoms with van der Waals surface area (Å²) in [5.74, 6) is -0.488. The van der Waals surface area contributed by atoms with Crippen molar-refractivity contribution in [1.82, 2.24) is 9.62 Å². The quantitative estimate of drug-likeness (QED) is 0.810. The number of sulfonamides is 1. The second-order valence-electron chi connectivity index (χ2n) is 5.25. The topological polar surface area (TPSA) is 88.8 Å². The Hall–Kier alpha value is -1.38. The summed E-state index contributed by atoms with van der Waals surface area (Å²) in [7, 11) is -0.891. The van der Waals surface area contributed by atoms with Gasteiger partial charge in [-0.05, 0) is 25.9 Å². The maximum atomic E-state index is 12.8.